The zero-order chi connectivity index (χ0) is 12.9. The van der Waals surface area contributed by atoms with Gasteiger partial charge < -0.3 is 21.5 Å². The van der Waals surface area contributed by atoms with Gasteiger partial charge in [0, 0.05) is 26.2 Å². The maximum absolute atomic E-state index is 10.2. The van der Waals surface area contributed by atoms with E-state index in [1.165, 1.54) is 0 Å². The van der Waals surface area contributed by atoms with Crippen molar-refractivity contribution in [3.8, 4) is 0 Å². The third-order valence-corrected chi connectivity index (χ3v) is 1.89. The molecule has 1 aromatic carbocycles. The van der Waals surface area contributed by atoms with Crippen molar-refractivity contribution in [1.82, 2.24) is 10.6 Å². The molecule has 0 atom stereocenters. The second kappa shape index (κ2) is 11.1. The number of nitrogens with one attached hydrogen (secondary N) is 2. The average molecular weight is 239 g/mol. The number of aromatic carboxylic acids is 1. The molecule has 0 fully saturated rings. The lowest BCUT2D eigenvalue weighted by molar-refractivity contribution is 0.0697. The smallest absolute Gasteiger partial charge is 0.335 e. The van der Waals surface area contributed by atoms with Crippen LogP contribution in [0.4, 0.5) is 0 Å². The topological polar surface area (TPSA) is 87.4 Å². The van der Waals surface area contributed by atoms with Crippen molar-refractivity contribution in [3.63, 3.8) is 0 Å². The summed E-state index contributed by atoms with van der Waals surface area (Å²) >= 11 is 0. The molecule has 1 aromatic rings. The molecule has 96 valence electrons. The van der Waals surface area contributed by atoms with Gasteiger partial charge in [0.25, 0.3) is 0 Å². The minimum atomic E-state index is -0.879. The molecule has 0 spiro atoms. The number of carboxylic acid groups (broad SMARTS) is 1. The molecule has 5 N–H and O–H groups in total. The molecule has 0 aromatic heterocycles. The Morgan fingerprint density at radius 2 is 1.88 bits per heavy atom. The lowest BCUT2D eigenvalue weighted by Gasteiger charge is -1.99. The quantitative estimate of drug-likeness (QED) is 0.530. The molecule has 0 radical (unpaired) electrons. The van der Waals surface area contributed by atoms with E-state index in [2.05, 4.69) is 10.6 Å². The van der Waals surface area contributed by atoms with Crippen LogP contribution in [0.5, 0.6) is 0 Å². The molecule has 0 aliphatic carbocycles. The highest BCUT2D eigenvalue weighted by Crippen LogP contribution is 1.96. The van der Waals surface area contributed by atoms with Gasteiger partial charge in [0.05, 0.1) is 5.56 Å². The molecule has 0 bridgehead atoms. The molecule has 0 aliphatic heterocycles. The van der Waals surface area contributed by atoms with Gasteiger partial charge in [0.2, 0.25) is 0 Å². The summed E-state index contributed by atoms with van der Waals surface area (Å²) in [6.45, 7) is 3.67. The highest BCUT2D eigenvalue weighted by atomic mass is 16.4. The van der Waals surface area contributed by atoms with Crippen LogP contribution in [0.15, 0.2) is 30.3 Å². The van der Waals surface area contributed by atoms with Crippen molar-refractivity contribution in [3.05, 3.63) is 35.9 Å². The van der Waals surface area contributed by atoms with E-state index in [4.69, 9.17) is 10.8 Å². The largest absolute Gasteiger partial charge is 0.478 e. The summed E-state index contributed by atoms with van der Waals surface area (Å²) in [6.07, 6.45) is 0. The molecule has 0 aliphatic rings. The molecule has 0 amide bonds. The zero-order valence-corrected chi connectivity index (χ0v) is 10.1. The van der Waals surface area contributed by atoms with Crippen LogP contribution in [-0.2, 0) is 0 Å². The van der Waals surface area contributed by atoms with Crippen LogP contribution in [0.2, 0.25) is 0 Å². The molecule has 0 unspecified atom stereocenters. The van der Waals surface area contributed by atoms with Gasteiger partial charge in [-0.25, -0.2) is 4.79 Å². The van der Waals surface area contributed by atoms with Gasteiger partial charge in [-0.15, -0.1) is 0 Å². The minimum Gasteiger partial charge on any atom is -0.478 e. The number of rotatable bonds is 6. The van der Waals surface area contributed by atoms with Gasteiger partial charge in [0.1, 0.15) is 0 Å². The van der Waals surface area contributed by atoms with E-state index >= 15 is 0 Å². The van der Waals surface area contributed by atoms with Crippen molar-refractivity contribution in [2.45, 2.75) is 0 Å². The number of benzene rings is 1. The average Bonchev–Trinajstić information content (AvgIpc) is 2.37. The SMILES string of the molecule is CNCCNCCN.O=C(O)c1ccccc1. The Hall–Kier alpha value is -1.43. The summed E-state index contributed by atoms with van der Waals surface area (Å²) in [4.78, 5) is 10.2. The Morgan fingerprint density at radius 1 is 1.24 bits per heavy atom. The van der Waals surface area contributed by atoms with E-state index in [1.807, 2.05) is 7.05 Å². The van der Waals surface area contributed by atoms with Crippen LogP contribution >= 0.6 is 0 Å². The molecular formula is C12H21N3O2. The Labute approximate surface area is 102 Å². The molecule has 0 saturated carbocycles. The fourth-order valence-corrected chi connectivity index (χ4v) is 1.02. The number of carbonyl (C=O) groups is 1. The lowest BCUT2D eigenvalue weighted by atomic mass is 10.2. The highest BCUT2D eigenvalue weighted by Gasteiger charge is 1.96. The first-order valence-corrected chi connectivity index (χ1v) is 5.56. The van der Waals surface area contributed by atoms with Gasteiger partial charge in [0.15, 0.2) is 0 Å². The monoisotopic (exact) mass is 239 g/mol. The predicted molar refractivity (Wildman–Crippen MR) is 69.3 cm³/mol. The van der Waals surface area contributed by atoms with E-state index in [0.717, 1.165) is 26.2 Å². The molecule has 5 heteroatoms. The van der Waals surface area contributed by atoms with E-state index < -0.39 is 5.97 Å². The van der Waals surface area contributed by atoms with E-state index in [0.29, 0.717) is 5.56 Å². The van der Waals surface area contributed by atoms with Crippen molar-refractivity contribution in [1.29, 1.82) is 0 Å². The Kier molecular flexibility index (Phi) is 10.1. The summed E-state index contributed by atoms with van der Waals surface area (Å²) in [7, 11) is 1.93. The molecular weight excluding hydrogens is 218 g/mol. The van der Waals surface area contributed by atoms with Crippen LogP contribution in [-0.4, -0.2) is 44.3 Å². The number of nitrogens with two attached hydrogens (primary N) is 1. The second-order valence-corrected chi connectivity index (χ2v) is 3.31. The van der Waals surface area contributed by atoms with Gasteiger partial charge in [-0.3, -0.25) is 0 Å². The number of carboxylic acids is 1. The highest BCUT2D eigenvalue weighted by molar-refractivity contribution is 5.87. The number of hydrogen-bond acceptors (Lipinski definition) is 4. The Balaban J connectivity index is 0.000000304. The summed E-state index contributed by atoms with van der Waals surface area (Å²) in [5.41, 5.74) is 5.56. The Bertz CT molecular complexity index is 285. The first kappa shape index (κ1) is 15.6. The van der Waals surface area contributed by atoms with E-state index in [9.17, 15) is 4.79 Å². The fourth-order valence-electron chi connectivity index (χ4n) is 1.02. The van der Waals surface area contributed by atoms with Crippen molar-refractivity contribution < 1.29 is 9.90 Å². The maximum atomic E-state index is 10.2. The normalized spacial score (nSPS) is 9.29. The summed E-state index contributed by atoms with van der Waals surface area (Å²) in [6, 6.07) is 8.30. The van der Waals surface area contributed by atoms with Gasteiger partial charge >= 0.3 is 5.97 Å². The zero-order valence-electron chi connectivity index (χ0n) is 10.1. The summed E-state index contributed by atoms with van der Waals surface area (Å²) in [5.74, 6) is -0.879. The van der Waals surface area contributed by atoms with Gasteiger partial charge in [-0.1, -0.05) is 18.2 Å². The molecule has 0 saturated heterocycles. The van der Waals surface area contributed by atoms with Crippen molar-refractivity contribution >= 4 is 5.97 Å². The second-order valence-electron chi connectivity index (χ2n) is 3.31. The summed E-state index contributed by atoms with van der Waals surface area (Å²) < 4.78 is 0. The van der Waals surface area contributed by atoms with Crippen LogP contribution in [0.3, 0.4) is 0 Å². The van der Waals surface area contributed by atoms with Gasteiger partial charge in [-0.2, -0.15) is 0 Å². The molecule has 0 heterocycles. The van der Waals surface area contributed by atoms with E-state index in [-0.39, 0.29) is 0 Å². The van der Waals surface area contributed by atoms with Crippen LogP contribution in [0.25, 0.3) is 0 Å². The van der Waals surface area contributed by atoms with Gasteiger partial charge in [-0.05, 0) is 19.2 Å². The fraction of sp³-hybridized carbons (Fsp3) is 0.417. The van der Waals surface area contributed by atoms with Crippen LogP contribution in [0, 0.1) is 0 Å². The van der Waals surface area contributed by atoms with Crippen LogP contribution < -0.4 is 16.4 Å². The maximum Gasteiger partial charge on any atom is 0.335 e. The predicted octanol–water partition coefficient (Wildman–Crippen LogP) is 0.139. The van der Waals surface area contributed by atoms with E-state index in [1.54, 1.807) is 30.3 Å². The van der Waals surface area contributed by atoms with Crippen molar-refractivity contribution in [2.24, 2.45) is 5.73 Å². The lowest BCUT2D eigenvalue weighted by Crippen LogP contribution is -2.29. The first-order chi connectivity index (χ1) is 8.22. The molecule has 17 heavy (non-hydrogen) atoms. The summed E-state index contributed by atoms with van der Waals surface area (Å²) in [5, 5.41) is 14.6. The van der Waals surface area contributed by atoms with Crippen molar-refractivity contribution in [2.75, 3.05) is 33.2 Å². The number of likely N-dealkylation sites (N-methyl/N-ethyl adjacent to an activating group) is 1. The molecule has 5 nitrogen and oxygen atoms in total. The third-order valence-electron chi connectivity index (χ3n) is 1.89. The Morgan fingerprint density at radius 3 is 2.29 bits per heavy atom. The van der Waals surface area contributed by atoms with Crippen LogP contribution in [0.1, 0.15) is 10.4 Å². The third kappa shape index (κ3) is 9.50. The first-order valence-electron chi connectivity index (χ1n) is 5.56. The standard InChI is InChI=1S/C7H6O2.C5H15N3/c8-7(9)6-4-2-1-3-5-6;1-7-4-5-8-3-2-6/h1-5H,(H,8,9);7-8H,2-6H2,1H3. The number of hydrogen-bond donors (Lipinski definition) is 4. The molecule has 1 rings (SSSR count). The minimum absolute atomic E-state index is 0.331.